The maximum atomic E-state index is 13.4. The molecular weight excluding hydrogens is 400 g/mol. The summed E-state index contributed by atoms with van der Waals surface area (Å²) in [4.78, 5) is 17.3. The first kappa shape index (κ1) is 19.6. The minimum absolute atomic E-state index is 0.215. The molecule has 1 amide bonds. The second kappa shape index (κ2) is 7.25. The highest BCUT2D eigenvalue weighted by Gasteiger charge is 2.30. The third kappa shape index (κ3) is 3.73. The van der Waals surface area contributed by atoms with Gasteiger partial charge in [-0.25, -0.2) is 9.37 Å². The number of carbonyl (C=O) groups is 1. The normalized spacial score (nSPS) is 11.6. The van der Waals surface area contributed by atoms with Crippen LogP contribution in [0.15, 0.2) is 60.8 Å². The Bertz CT molecular complexity index is 1250. The maximum Gasteiger partial charge on any atom is 0.416 e. The number of pyridine rings is 1. The molecule has 0 atom stereocenters. The minimum atomic E-state index is -4.45. The molecule has 0 radical (unpaired) electrons. The molecule has 9 heteroatoms. The van der Waals surface area contributed by atoms with Gasteiger partial charge in [0.25, 0.3) is 5.91 Å². The molecule has 2 heterocycles. The van der Waals surface area contributed by atoms with Crippen molar-refractivity contribution in [1.82, 2.24) is 14.8 Å². The van der Waals surface area contributed by atoms with E-state index >= 15 is 0 Å². The highest BCUT2D eigenvalue weighted by Crippen LogP contribution is 2.31. The van der Waals surface area contributed by atoms with Gasteiger partial charge in [0, 0.05) is 18.3 Å². The number of aromatic nitrogens is 3. The zero-order chi connectivity index (χ0) is 21.5. The van der Waals surface area contributed by atoms with E-state index in [1.807, 2.05) is 0 Å². The summed E-state index contributed by atoms with van der Waals surface area (Å²) in [5.74, 6) is -1.02. The number of aryl methyl sites for hydroxylation is 1. The summed E-state index contributed by atoms with van der Waals surface area (Å²) in [5, 5.41) is 7.18. The van der Waals surface area contributed by atoms with E-state index in [0.717, 1.165) is 12.1 Å². The third-order valence-corrected chi connectivity index (χ3v) is 4.54. The smallest absolute Gasteiger partial charge is 0.322 e. The Morgan fingerprint density at radius 1 is 1.07 bits per heavy atom. The Labute approximate surface area is 168 Å². The molecule has 0 unspecified atom stereocenters. The van der Waals surface area contributed by atoms with E-state index in [1.165, 1.54) is 47.3 Å². The van der Waals surface area contributed by atoms with Crippen LogP contribution in [0.1, 0.15) is 15.9 Å². The molecule has 0 aliphatic carbocycles. The Balaban J connectivity index is 1.77. The standard InChI is InChI=1S/C21H14F4N4O/c1-29-19-17(11-26-29)16(20(30)27-15-4-2-3-14(22)9-15)10-18(28-19)12-5-7-13(8-6-12)21(23,24)25/h2-11H,1H3,(H,27,30). The summed E-state index contributed by atoms with van der Waals surface area (Å²) in [6, 6.07) is 11.4. The summed E-state index contributed by atoms with van der Waals surface area (Å²) < 4.78 is 53.4. The lowest BCUT2D eigenvalue weighted by atomic mass is 10.0. The number of nitrogens with zero attached hydrogens (tertiary/aromatic N) is 3. The van der Waals surface area contributed by atoms with Crippen molar-refractivity contribution in [1.29, 1.82) is 0 Å². The Morgan fingerprint density at radius 2 is 1.80 bits per heavy atom. The number of hydrogen-bond donors (Lipinski definition) is 1. The Kier molecular flexibility index (Phi) is 4.73. The predicted molar refractivity (Wildman–Crippen MR) is 103 cm³/mol. The quantitative estimate of drug-likeness (QED) is 0.478. The molecule has 2 aromatic carbocycles. The van der Waals surface area contributed by atoms with Crippen LogP contribution in [0, 0.1) is 5.82 Å². The maximum absolute atomic E-state index is 13.4. The number of benzene rings is 2. The molecule has 0 aliphatic rings. The summed E-state index contributed by atoms with van der Waals surface area (Å²) in [7, 11) is 1.64. The van der Waals surface area contributed by atoms with Gasteiger partial charge in [-0.3, -0.25) is 9.48 Å². The minimum Gasteiger partial charge on any atom is -0.322 e. The second-order valence-electron chi connectivity index (χ2n) is 6.60. The van der Waals surface area contributed by atoms with E-state index in [1.54, 1.807) is 13.1 Å². The number of fused-ring (bicyclic) bond motifs is 1. The fraction of sp³-hybridized carbons (Fsp3) is 0.0952. The molecule has 1 N–H and O–H groups in total. The van der Waals surface area contributed by atoms with Gasteiger partial charge in [-0.05, 0) is 36.4 Å². The first-order valence-corrected chi connectivity index (χ1v) is 8.80. The molecule has 0 saturated heterocycles. The zero-order valence-corrected chi connectivity index (χ0v) is 15.5. The largest absolute Gasteiger partial charge is 0.416 e. The van der Waals surface area contributed by atoms with E-state index in [4.69, 9.17) is 0 Å². The number of carbonyl (C=O) groups excluding carboxylic acids is 1. The lowest BCUT2D eigenvalue weighted by Gasteiger charge is -2.10. The van der Waals surface area contributed by atoms with E-state index in [9.17, 15) is 22.4 Å². The molecule has 5 nitrogen and oxygen atoms in total. The fourth-order valence-electron chi connectivity index (χ4n) is 3.04. The summed E-state index contributed by atoms with van der Waals surface area (Å²) >= 11 is 0. The molecular formula is C21H14F4N4O. The van der Waals surface area contributed by atoms with Crippen LogP contribution in [0.2, 0.25) is 0 Å². The van der Waals surface area contributed by atoms with Crippen molar-refractivity contribution in [3.05, 3.63) is 77.7 Å². The van der Waals surface area contributed by atoms with Gasteiger partial charge in [-0.1, -0.05) is 18.2 Å². The molecule has 4 aromatic rings. The highest BCUT2D eigenvalue weighted by atomic mass is 19.4. The van der Waals surface area contributed by atoms with Crippen LogP contribution in [-0.4, -0.2) is 20.7 Å². The third-order valence-electron chi connectivity index (χ3n) is 4.54. The van der Waals surface area contributed by atoms with Crippen molar-refractivity contribution < 1.29 is 22.4 Å². The van der Waals surface area contributed by atoms with Gasteiger partial charge < -0.3 is 5.32 Å². The number of amides is 1. The highest BCUT2D eigenvalue weighted by molar-refractivity contribution is 6.12. The van der Waals surface area contributed by atoms with Gasteiger partial charge in [0.05, 0.1) is 28.4 Å². The molecule has 4 rings (SSSR count). The summed E-state index contributed by atoms with van der Waals surface area (Å²) in [6.45, 7) is 0. The molecule has 2 aromatic heterocycles. The average molecular weight is 414 g/mol. The molecule has 30 heavy (non-hydrogen) atoms. The first-order valence-electron chi connectivity index (χ1n) is 8.80. The SMILES string of the molecule is Cn1ncc2c(C(=O)Nc3cccc(F)c3)cc(-c3ccc(C(F)(F)F)cc3)nc21. The topological polar surface area (TPSA) is 59.8 Å². The molecule has 0 saturated carbocycles. The summed E-state index contributed by atoms with van der Waals surface area (Å²) in [5.41, 5.74) is 0.807. The van der Waals surface area contributed by atoms with Crippen molar-refractivity contribution >= 4 is 22.6 Å². The number of alkyl halides is 3. The van der Waals surface area contributed by atoms with Crippen molar-refractivity contribution in [3.63, 3.8) is 0 Å². The van der Waals surface area contributed by atoms with Gasteiger partial charge in [0.2, 0.25) is 0 Å². The number of nitrogens with one attached hydrogen (secondary N) is 1. The second-order valence-corrected chi connectivity index (χ2v) is 6.60. The Morgan fingerprint density at radius 3 is 2.47 bits per heavy atom. The van der Waals surface area contributed by atoms with Gasteiger partial charge in [-0.2, -0.15) is 18.3 Å². The Hall–Kier alpha value is -3.75. The van der Waals surface area contributed by atoms with Crippen LogP contribution in [0.25, 0.3) is 22.3 Å². The van der Waals surface area contributed by atoms with Crippen molar-refractivity contribution in [2.75, 3.05) is 5.32 Å². The number of hydrogen-bond acceptors (Lipinski definition) is 3. The van der Waals surface area contributed by atoms with E-state index < -0.39 is 23.5 Å². The van der Waals surface area contributed by atoms with E-state index in [2.05, 4.69) is 15.4 Å². The van der Waals surface area contributed by atoms with Crippen LogP contribution < -0.4 is 5.32 Å². The van der Waals surface area contributed by atoms with Gasteiger partial charge in [0.1, 0.15) is 5.82 Å². The van der Waals surface area contributed by atoms with Gasteiger partial charge >= 0.3 is 6.18 Å². The van der Waals surface area contributed by atoms with Crippen molar-refractivity contribution in [3.8, 4) is 11.3 Å². The molecule has 0 bridgehead atoms. The van der Waals surface area contributed by atoms with Crippen molar-refractivity contribution in [2.24, 2.45) is 7.05 Å². The van der Waals surface area contributed by atoms with E-state index in [0.29, 0.717) is 22.3 Å². The lowest BCUT2D eigenvalue weighted by Crippen LogP contribution is -2.13. The zero-order valence-electron chi connectivity index (χ0n) is 15.5. The van der Waals surface area contributed by atoms with E-state index in [-0.39, 0.29) is 11.3 Å². The van der Waals surface area contributed by atoms with Crippen LogP contribution >= 0.6 is 0 Å². The van der Waals surface area contributed by atoms with Crippen LogP contribution in [0.5, 0.6) is 0 Å². The predicted octanol–water partition coefficient (Wildman–Crippen LogP) is 5.05. The monoisotopic (exact) mass is 414 g/mol. The number of rotatable bonds is 3. The molecule has 0 fully saturated rings. The van der Waals surface area contributed by atoms with Crippen LogP contribution in [-0.2, 0) is 13.2 Å². The van der Waals surface area contributed by atoms with Gasteiger partial charge in [-0.15, -0.1) is 0 Å². The van der Waals surface area contributed by atoms with Crippen molar-refractivity contribution in [2.45, 2.75) is 6.18 Å². The number of halogens is 4. The van der Waals surface area contributed by atoms with Crippen LogP contribution in [0.4, 0.5) is 23.2 Å². The lowest BCUT2D eigenvalue weighted by molar-refractivity contribution is -0.137. The van der Waals surface area contributed by atoms with Crippen LogP contribution in [0.3, 0.4) is 0 Å². The van der Waals surface area contributed by atoms with Gasteiger partial charge in [0.15, 0.2) is 5.65 Å². The molecule has 0 spiro atoms. The fourth-order valence-corrected chi connectivity index (χ4v) is 3.04. The summed E-state index contributed by atoms with van der Waals surface area (Å²) in [6.07, 6.45) is -2.98. The molecule has 152 valence electrons. The molecule has 0 aliphatic heterocycles. The average Bonchev–Trinajstić information content (AvgIpc) is 3.07. The first-order chi connectivity index (χ1) is 14.2. The number of anilines is 1.